The third-order valence-corrected chi connectivity index (χ3v) is 4.01. The molecule has 0 aromatic heterocycles. The van der Waals surface area contributed by atoms with E-state index in [1.807, 2.05) is 6.92 Å². The van der Waals surface area contributed by atoms with E-state index < -0.39 is 10.0 Å². The number of rotatable bonds is 3. The number of hydrogen-bond donors (Lipinski definition) is 2. The Morgan fingerprint density at radius 1 is 1.39 bits per heavy atom. The van der Waals surface area contributed by atoms with Crippen LogP contribution in [-0.2, 0) is 14.8 Å². The molecule has 1 aromatic carbocycles. The van der Waals surface area contributed by atoms with Crippen LogP contribution in [0.15, 0.2) is 29.2 Å². The first kappa shape index (κ1) is 13.3. The van der Waals surface area contributed by atoms with Gasteiger partial charge in [0.2, 0.25) is 10.0 Å². The van der Waals surface area contributed by atoms with Crippen LogP contribution in [0.1, 0.15) is 19.8 Å². The predicted octanol–water partition coefficient (Wildman–Crippen LogP) is 1.31. The summed E-state index contributed by atoms with van der Waals surface area (Å²) in [4.78, 5) is 0.143. The van der Waals surface area contributed by atoms with Crippen LogP contribution < -0.4 is 10.5 Å². The number of sulfonamides is 1. The molecule has 5 nitrogen and oxygen atoms in total. The SMILES string of the molecule is CC1CC(Nc2ccccc2S(N)(=O)=O)CCO1. The molecule has 1 fully saturated rings. The number of nitrogens with two attached hydrogens (primary N) is 1. The van der Waals surface area contributed by atoms with Gasteiger partial charge in [-0.2, -0.15) is 0 Å². The Bertz CT molecular complexity index is 516. The van der Waals surface area contributed by atoms with Gasteiger partial charge in [-0.25, -0.2) is 13.6 Å². The summed E-state index contributed by atoms with van der Waals surface area (Å²) >= 11 is 0. The second-order valence-electron chi connectivity index (χ2n) is 4.59. The van der Waals surface area contributed by atoms with E-state index in [0.29, 0.717) is 12.3 Å². The molecule has 0 bridgehead atoms. The zero-order valence-corrected chi connectivity index (χ0v) is 11.1. The minimum Gasteiger partial charge on any atom is -0.381 e. The van der Waals surface area contributed by atoms with Crippen LogP contribution in [-0.4, -0.2) is 27.2 Å². The maximum absolute atomic E-state index is 11.5. The van der Waals surface area contributed by atoms with E-state index in [1.54, 1.807) is 18.2 Å². The molecular weight excluding hydrogens is 252 g/mol. The minimum absolute atomic E-state index is 0.143. The highest BCUT2D eigenvalue weighted by molar-refractivity contribution is 7.89. The van der Waals surface area contributed by atoms with Gasteiger partial charge in [-0.1, -0.05) is 12.1 Å². The number of anilines is 1. The van der Waals surface area contributed by atoms with Crippen LogP contribution >= 0.6 is 0 Å². The average Bonchev–Trinajstić information content (AvgIpc) is 2.28. The quantitative estimate of drug-likeness (QED) is 0.867. The summed E-state index contributed by atoms with van der Waals surface area (Å²) < 4.78 is 28.4. The zero-order valence-electron chi connectivity index (χ0n) is 10.3. The van der Waals surface area contributed by atoms with E-state index in [-0.39, 0.29) is 17.0 Å². The molecule has 1 saturated heterocycles. The highest BCUT2D eigenvalue weighted by Crippen LogP contribution is 2.23. The van der Waals surface area contributed by atoms with Crippen molar-refractivity contribution in [1.82, 2.24) is 0 Å². The van der Waals surface area contributed by atoms with Crippen LogP contribution in [0.2, 0.25) is 0 Å². The molecule has 100 valence electrons. The number of hydrogen-bond acceptors (Lipinski definition) is 4. The largest absolute Gasteiger partial charge is 0.381 e. The van der Waals surface area contributed by atoms with E-state index in [4.69, 9.17) is 9.88 Å². The summed E-state index contributed by atoms with van der Waals surface area (Å²) in [5.74, 6) is 0. The number of nitrogens with one attached hydrogen (secondary N) is 1. The summed E-state index contributed by atoms with van der Waals surface area (Å²) in [7, 11) is -3.69. The Morgan fingerprint density at radius 2 is 2.11 bits per heavy atom. The van der Waals surface area contributed by atoms with Crippen molar-refractivity contribution in [1.29, 1.82) is 0 Å². The zero-order chi connectivity index (χ0) is 13.2. The molecule has 1 aliphatic heterocycles. The van der Waals surface area contributed by atoms with Crippen LogP contribution in [0, 0.1) is 0 Å². The van der Waals surface area contributed by atoms with Gasteiger partial charge in [0.25, 0.3) is 0 Å². The third-order valence-electron chi connectivity index (χ3n) is 3.04. The monoisotopic (exact) mass is 270 g/mol. The van der Waals surface area contributed by atoms with Crippen molar-refractivity contribution < 1.29 is 13.2 Å². The average molecular weight is 270 g/mol. The van der Waals surface area contributed by atoms with Crippen LogP contribution in [0.4, 0.5) is 5.69 Å². The Balaban J connectivity index is 2.19. The molecule has 0 saturated carbocycles. The maximum Gasteiger partial charge on any atom is 0.240 e. The van der Waals surface area contributed by atoms with Crippen LogP contribution in [0.5, 0.6) is 0 Å². The van der Waals surface area contributed by atoms with Crippen LogP contribution in [0.25, 0.3) is 0 Å². The lowest BCUT2D eigenvalue weighted by molar-refractivity contribution is 0.0232. The minimum atomic E-state index is -3.69. The first-order valence-electron chi connectivity index (χ1n) is 5.97. The molecular formula is C12H18N2O3S. The van der Waals surface area contributed by atoms with Crippen molar-refractivity contribution in [3.8, 4) is 0 Å². The number of ether oxygens (including phenoxy) is 1. The molecule has 2 unspecified atom stereocenters. The lowest BCUT2D eigenvalue weighted by Gasteiger charge is -2.29. The molecule has 0 radical (unpaired) electrons. The molecule has 0 spiro atoms. The molecule has 2 rings (SSSR count). The van der Waals surface area contributed by atoms with Crippen molar-refractivity contribution in [2.75, 3.05) is 11.9 Å². The lowest BCUT2D eigenvalue weighted by Crippen LogP contribution is -2.33. The summed E-state index contributed by atoms with van der Waals surface area (Å²) in [6.45, 7) is 2.70. The van der Waals surface area contributed by atoms with Gasteiger partial charge in [0.1, 0.15) is 4.90 Å². The van der Waals surface area contributed by atoms with Crippen molar-refractivity contribution in [2.45, 2.75) is 36.8 Å². The molecule has 1 aromatic rings. The van der Waals surface area contributed by atoms with Crippen molar-refractivity contribution in [3.05, 3.63) is 24.3 Å². The van der Waals surface area contributed by atoms with E-state index in [0.717, 1.165) is 12.8 Å². The van der Waals surface area contributed by atoms with Crippen molar-refractivity contribution in [2.24, 2.45) is 5.14 Å². The highest BCUT2D eigenvalue weighted by Gasteiger charge is 2.21. The van der Waals surface area contributed by atoms with Gasteiger partial charge >= 0.3 is 0 Å². The standard InChI is InChI=1S/C12H18N2O3S/c1-9-8-10(6-7-17-9)14-11-4-2-3-5-12(11)18(13,15)16/h2-5,9-10,14H,6-8H2,1H3,(H2,13,15,16). The second kappa shape index (κ2) is 5.26. The first-order chi connectivity index (χ1) is 8.47. The van der Waals surface area contributed by atoms with Gasteiger partial charge in [-0.15, -0.1) is 0 Å². The summed E-state index contributed by atoms with van der Waals surface area (Å²) in [5, 5.41) is 8.44. The van der Waals surface area contributed by atoms with Crippen molar-refractivity contribution >= 4 is 15.7 Å². The first-order valence-corrected chi connectivity index (χ1v) is 7.51. The molecule has 3 N–H and O–H groups in total. The molecule has 0 amide bonds. The molecule has 6 heteroatoms. The maximum atomic E-state index is 11.5. The Kier molecular flexibility index (Phi) is 3.89. The molecule has 2 atom stereocenters. The van der Waals surface area contributed by atoms with Gasteiger partial charge in [-0.3, -0.25) is 0 Å². The van der Waals surface area contributed by atoms with Crippen molar-refractivity contribution in [3.63, 3.8) is 0 Å². The van der Waals surface area contributed by atoms with Gasteiger partial charge < -0.3 is 10.1 Å². The van der Waals surface area contributed by atoms with Gasteiger partial charge in [0, 0.05) is 12.6 Å². The van der Waals surface area contributed by atoms with Gasteiger partial charge in [-0.05, 0) is 31.9 Å². The second-order valence-corrected chi connectivity index (χ2v) is 6.12. The molecule has 1 heterocycles. The normalized spacial score (nSPS) is 24.8. The molecule has 18 heavy (non-hydrogen) atoms. The topological polar surface area (TPSA) is 81.4 Å². The fourth-order valence-corrected chi connectivity index (χ4v) is 2.88. The van der Waals surface area contributed by atoms with Gasteiger partial charge in [0.15, 0.2) is 0 Å². The number of primary sulfonamides is 1. The predicted molar refractivity (Wildman–Crippen MR) is 69.9 cm³/mol. The van der Waals surface area contributed by atoms with E-state index in [2.05, 4.69) is 5.32 Å². The van der Waals surface area contributed by atoms with Crippen LogP contribution in [0.3, 0.4) is 0 Å². The highest BCUT2D eigenvalue weighted by atomic mass is 32.2. The summed E-state index contributed by atoms with van der Waals surface area (Å²) in [6, 6.07) is 6.93. The Hall–Kier alpha value is -1.11. The third kappa shape index (κ3) is 3.22. The fourth-order valence-electron chi connectivity index (χ4n) is 2.18. The number of para-hydroxylation sites is 1. The van der Waals surface area contributed by atoms with E-state index >= 15 is 0 Å². The molecule has 0 aliphatic carbocycles. The van der Waals surface area contributed by atoms with Gasteiger partial charge in [0.05, 0.1) is 11.8 Å². The Morgan fingerprint density at radius 3 is 2.78 bits per heavy atom. The fraction of sp³-hybridized carbons (Fsp3) is 0.500. The molecule has 1 aliphatic rings. The van der Waals surface area contributed by atoms with E-state index in [9.17, 15) is 8.42 Å². The van der Waals surface area contributed by atoms with E-state index in [1.165, 1.54) is 6.07 Å². The summed E-state index contributed by atoms with van der Waals surface area (Å²) in [5.41, 5.74) is 0.569. The Labute approximate surface area is 107 Å². The number of benzene rings is 1. The lowest BCUT2D eigenvalue weighted by atomic mass is 10.0. The summed E-state index contributed by atoms with van der Waals surface area (Å²) in [6.07, 6.45) is 1.92. The smallest absolute Gasteiger partial charge is 0.240 e.